The van der Waals surface area contributed by atoms with Crippen LogP contribution in [0.15, 0.2) is 54.7 Å². The molecule has 7 nitrogen and oxygen atoms in total. The molecule has 0 aliphatic heterocycles. The summed E-state index contributed by atoms with van der Waals surface area (Å²) in [6.07, 6.45) is 1.64. The summed E-state index contributed by atoms with van der Waals surface area (Å²) in [5, 5.41) is 0. The Bertz CT molecular complexity index is 1200. The van der Waals surface area contributed by atoms with Crippen molar-refractivity contribution in [3.63, 3.8) is 0 Å². The zero-order valence-electron chi connectivity index (χ0n) is 16.5. The summed E-state index contributed by atoms with van der Waals surface area (Å²) < 4.78 is 6.73. The van der Waals surface area contributed by atoms with Crippen molar-refractivity contribution in [2.75, 3.05) is 12.8 Å². The molecule has 0 spiro atoms. The lowest BCUT2D eigenvalue weighted by molar-refractivity contribution is 0.0601. The number of fused-ring (bicyclic) bond motifs is 1. The van der Waals surface area contributed by atoms with Crippen LogP contribution < -0.4 is 5.73 Å². The first-order chi connectivity index (χ1) is 14.0. The van der Waals surface area contributed by atoms with E-state index in [-0.39, 0.29) is 11.9 Å². The minimum absolute atomic E-state index is 0.274. The lowest BCUT2D eigenvalue weighted by Crippen LogP contribution is -2.04. The van der Waals surface area contributed by atoms with Gasteiger partial charge < -0.3 is 10.5 Å². The van der Waals surface area contributed by atoms with Crippen molar-refractivity contribution in [1.82, 2.24) is 19.5 Å². The monoisotopic (exact) mass is 387 g/mol. The van der Waals surface area contributed by atoms with Gasteiger partial charge in [0.2, 0.25) is 0 Å². The minimum Gasteiger partial charge on any atom is -0.465 e. The summed E-state index contributed by atoms with van der Waals surface area (Å²) in [5.41, 5.74) is 10.6. The van der Waals surface area contributed by atoms with Crippen molar-refractivity contribution in [1.29, 1.82) is 0 Å². The van der Waals surface area contributed by atoms with Crippen molar-refractivity contribution in [2.24, 2.45) is 0 Å². The van der Waals surface area contributed by atoms with Gasteiger partial charge in [-0.25, -0.2) is 19.7 Å². The van der Waals surface area contributed by atoms with Gasteiger partial charge in [0.05, 0.1) is 18.2 Å². The van der Waals surface area contributed by atoms with E-state index in [0.29, 0.717) is 22.8 Å². The summed E-state index contributed by atoms with van der Waals surface area (Å²) in [7, 11) is 1.36. The standard InChI is InChI=1S/C22H21N5O2/c1-13(2)17-10-11-18-21(25-17)27(15-8-6-14(7-9-15)22(28)29-3)20(26-18)16-5-4-12-24-19(16)23/h4-13H,1-3H3,(H2,23,24). The second-order valence-electron chi connectivity index (χ2n) is 6.98. The number of methoxy groups -OCH3 is 1. The van der Waals surface area contributed by atoms with E-state index in [1.54, 1.807) is 18.3 Å². The highest BCUT2D eigenvalue weighted by atomic mass is 16.5. The molecule has 0 saturated carbocycles. The van der Waals surface area contributed by atoms with E-state index in [1.807, 2.05) is 41.0 Å². The Kier molecular flexibility index (Phi) is 4.72. The molecule has 0 radical (unpaired) electrons. The molecular weight excluding hydrogens is 366 g/mol. The fraction of sp³-hybridized carbons (Fsp3) is 0.182. The Labute approximate surface area is 168 Å². The molecule has 0 amide bonds. The number of aromatic nitrogens is 4. The number of carbonyl (C=O) groups is 1. The maximum Gasteiger partial charge on any atom is 0.337 e. The SMILES string of the molecule is COC(=O)c1ccc(-n2c(-c3cccnc3N)nc3ccc(C(C)C)nc32)cc1. The number of hydrogen-bond donors (Lipinski definition) is 1. The van der Waals surface area contributed by atoms with Gasteiger partial charge in [-0.15, -0.1) is 0 Å². The van der Waals surface area contributed by atoms with Gasteiger partial charge in [-0.2, -0.15) is 0 Å². The molecule has 4 aromatic rings. The second-order valence-corrected chi connectivity index (χ2v) is 6.98. The molecule has 0 bridgehead atoms. The molecule has 1 aromatic carbocycles. The molecule has 3 aromatic heterocycles. The molecule has 4 rings (SSSR count). The number of esters is 1. The van der Waals surface area contributed by atoms with Gasteiger partial charge in [-0.05, 0) is 54.4 Å². The fourth-order valence-electron chi connectivity index (χ4n) is 3.19. The Balaban J connectivity index is 1.98. The normalized spacial score (nSPS) is 11.2. The van der Waals surface area contributed by atoms with Gasteiger partial charge in [0, 0.05) is 17.6 Å². The van der Waals surface area contributed by atoms with Crippen LogP contribution in [0.25, 0.3) is 28.2 Å². The van der Waals surface area contributed by atoms with E-state index in [1.165, 1.54) is 7.11 Å². The number of nitrogen functional groups attached to an aromatic ring is 1. The average molecular weight is 387 g/mol. The van der Waals surface area contributed by atoms with Gasteiger partial charge >= 0.3 is 5.97 Å². The van der Waals surface area contributed by atoms with Crippen LogP contribution in [0.2, 0.25) is 0 Å². The third-order valence-electron chi connectivity index (χ3n) is 4.74. The zero-order valence-corrected chi connectivity index (χ0v) is 16.5. The largest absolute Gasteiger partial charge is 0.465 e. The van der Waals surface area contributed by atoms with Gasteiger partial charge in [0.15, 0.2) is 11.5 Å². The molecule has 0 fully saturated rings. The quantitative estimate of drug-likeness (QED) is 0.532. The van der Waals surface area contributed by atoms with Crippen molar-refractivity contribution in [3.8, 4) is 17.1 Å². The molecule has 3 heterocycles. The average Bonchev–Trinajstić information content (AvgIpc) is 3.12. The molecular formula is C22H21N5O2. The van der Waals surface area contributed by atoms with E-state index in [0.717, 1.165) is 22.5 Å². The lowest BCUT2D eigenvalue weighted by Gasteiger charge is -2.11. The number of carbonyl (C=O) groups excluding carboxylic acids is 1. The number of benzene rings is 1. The van der Waals surface area contributed by atoms with E-state index in [4.69, 9.17) is 20.4 Å². The lowest BCUT2D eigenvalue weighted by atomic mass is 10.1. The number of nitrogens with two attached hydrogens (primary N) is 1. The van der Waals surface area contributed by atoms with E-state index >= 15 is 0 Å². The van der Waals surface area contributed by atoms with Crippen molar-refractivity contribution in [2.45, 2.75) is 19.8 Å². The number of hydrogen-bond acceptors (Lipinski definition) is 6. The molecule has 29 heavy (non-hydrogen) atoms. The third kappa shape index (κ3) is 3.31. The minimum atomic E-state index is -0.385. The van der Waals surface area contributed by atoms with Crippen molar-refractivity contribution >= 4 is 23.0 Å². The predicted octanol–water partition coefficient (Wildman–Crippen LogP) is 3.97. The van der Waals surface area contributed by atoms with E-state index in [2.05, 4.69) is 18.8 Å². The highest BCUT2D eigenvalue weighted by Crippen LogP contribution is 2.31. The Hall–Kier alpha value is -3.74. The molecule has 146 valence electrons. The van der Waals surface area contributed by atoms with Crippen LogP contribution in [0.5, 0.6) is 0 Å². The summed E-state index contributed by atoms with van der Waals surface area (Å²) in [6.45, 7) is 4.19. The first-order valence-corrected chi connectivity index (χ1v) is 9.28. The summed E-state index contributed by atoms with van der Waals surface area (Å²) in [6, 6.07) is 14.8. The molecule has 0 aliphatic carbocycles. The number of nitrogens with zero attached hydrogens (tertiary/aromatic N) is 4. The van der Waals surface area contributed by atoms with Gasteiger partial charge in [0.25, 0.3) is 0 Å². The number of pyridine rings is 2. The van der Waals surface area contributed by atoms with Gasteiger partial charge in [-0.1, -0.05) is 13.8 Å². The highest BCUT2D eigenvalue weighted by Gasteiger charge is 2.19. The fourth-order valence-corrected chi connectivity index (χ4v) is 3.19. The maximum atomic E-state index is 11.8. The van der Waals surface area contributed by atoms with Crippen molar-refractivity contribution < 1.29 is 9.53 Å². The van der Waals surface area contributed by atoms with Gasteiger partial charge in [-0.3, -0.25) is 4.57 Å². The molecule has 0 unspecified atom stereocenters. The topological polar surface area (TPSA) is 95.9 Å². The molecule has 2 N–H and O–H groups in total. The zero-order chi connectivity index (χ0) is 20.5. The highest BCUT2D eigenvalue weighted by molar-refractivity contribution is 5.90. The van der Waals surface area contributed by atoms with Crippen LogP contribution in [-0.4, -0.2) is 32.6 Å². The molecule has 0 atom stereocenters. The third-order valence-corrected chi connectivity index (χ3v) is 4.74. The van der Waals surface area contributed by atoms with E-state index in [9.17, 15) is 4.79 Å². The number of imidazole rings is 1. The van der Waals surface area contributed by atoms with E-state index < -0.39 is 0 Å². The van der Waals surface area contributed by atoms with Crippen LogP contribution in [-0.2, 0) is 4.74 Å². The predicted molar refractivity (Wildman–Crippen MR) is 112 cm³/mol. The van der Waals surface area contributed by atoms with Crippen LogP contribution in [0, 0.1) is 0 Å². The van der Waals surface area contributed by atoms with Crippen molar-refractivity contribution in [3.05, 3.63) is 66.0 Å². The Morgan fingerprint density at radius 1 is 1.07 bits per heavy atom. The van der Waals surface area contributed by atoms with Crippen LogP contribution in [0.4, 0.5) is 5.82 Å². The number of ether oxygens (including phenoxy) is 1. The summed E-state index contributed by atoms with van der Waals surface area (Å²) in [5.74, 6) is 0.921. The van der Waals surface area contributed by atoms with Crippen LogP contribution in [0.3, 0.4) is 0 Å². The van der Waals surface area contributed by atoms with Crippen LogP contribution >= 0.6 is 0 Å². The Morgan fingerprint density at radius 3 is 2.48 bits per heavy atom. The first kappa shape index (κ1) is 18.6. The number of anilines is 1. The first-order valence-electron chi connectivity index (χ1n) is 9.28. The molecule has 7 heteroatoms. The van der Waals surface area contributed by atoms with Gasteiger partial charge in [0.1, 0.15) is 11.3 Å². The molecule has 0 aliphatic rings. The maximum absolute atomic E-state index is 11.8. The van der Waals surface area contributed by atoms with Crippen LogP contribution in [0.1, 0.15) is 35.8 Å². The second kappa shape index (κ2) is 7.35. The summed E-state index contributed by atoms with van der Waals surface area (Å²) >= 11 is 0. The summed E-state index contributed by atoms with van der Waals surface area (Å²) in [4.78, 5) is 25.6. The Morgan fingerprint density at radius 2 is 1.83 bits per heavy atom. The number of rotatable bonds is 4. The molecule has 0 saturated heterocycles. The smallest absolute Gasteiger partial charge is 0.337 e.